The lowest BCUT2D eigenvalue weighted by molar-refractivity contribution is 0.258. The summed E-state index contributed by atoms with van der Waals surface area (Å²) in [5.74, 6) is 2.65. The average molecular weight is 367 g/mol. The van der Waals surface area contributed by atoms with E-state index in [1.165, 1.54) is 37.7 Å². The fourth-order valence-corrected chi connectivity index (χ4v) is 5.02. The summed E-state index contributed by atoms with van der Waals surface area (Å²) < 4.78 is 0. The van der Waals surface area contributed by atoms with Crippen molar-refractivity contribution in [3.05, 3.63) is 48.0 Å². The summed E-state index contributed by atoms with van der Waals surface area (Å²) in [5.41, 5.74) is 1.53. The highest BCUT2D eigenvalue weighted by Crippen LogP contribution is 2.35. The minimum atomic E-state index is 0.680. The number of rotatable bonds is 4. The molecule has 0 aromatic heterocycles. The van der Waals surface area contributed by atoms with Crippen LogP contribution >= 0.6 is 0 Å². The molecule has 1 aromatic carbocycles. The van der Waals surface area contributed by atoms with Gasteiger partial charge in [0.05, 0.1) is 0 Å². The zero-order valence-corrected chi connectivity index (χ0v) is 16.7. The molecule has 1 aliphatic carbocycles. The van der Waals surface area contributed by atoms with Gasteiger partial charge in [-0.1, -0.05) is 42.5 Å². The number of aliphatic imine (C=N–C) groups is 1. The lowest BCUT2D eigenvalue weighted by Gasteiger charge is -2.30. The Morgan fingerprint density at radius 2 is 1.78 bits per heavy atom. The molecular formula is C23H34N4. The molecule has 27 heavy (non-hydrogen) atoms. The van der Waals surface area contributed by atoms with Crippen LogP contribution in [0.5, 0.6) is 0 Å². The second-order valence-electron chi connectivity index (χ2n) is 8.37. The van der Waals surface area contributed by atoms with E-state index in [2.05, 4.69) is 62.6 Å². The van der Waals surface area contributed by atoms with Crippen LogP contribution in [-0.2, 0) is 0 Å². The first-order chi connectivity index (χ1) is 13.3. The Morgan fingerprint density at radius 3 is 2.48 bits per heavy atom. The highest BCUT2D eigenvalue weighted by atomic mass is 15.3. The number of likely N-dealkylation sites (tertiary alicyclic amines) is 1. The SMILES string of the molecule is CN=C(NCC1CCC(c2ccccc2)CC1)N1CCC(N2CC=CC2)C1. The second-order valence-corrected chi connectivity index (χ2v) is 8.37. The highest BCUT2D eigenvalue weighted by Gasteiger charge is 2.30. The number of nitrogens with one attached hydrogen (secondary N) is 1. The topological polar surface area (TPSA) is 30.9 Å². The molecule has 0 amide bonds. The Morgan fingerprint density at radius 1 is 1.04 bits per heavy atom. The van der Waals surface area contributed by atoms with Crippen molar-refractivity contribution in [2.24, 2.45) is 10.9 Å². The number of hydrogen-bond acceptors (Lipinski definition) is 2. The van der Waals surface area contributed by atoms with Gasteiger partial charge in [0.1, 0.15) is 0 Å². The summed E-state index contributed by atoms with van der Waals surface area (Å²) in [6.45, 7) is 5.55. The van der Waals surface area contributed by atoms with E-state index in [0.717, 1.165) is 50.5 Å². The Hall–Kier alpha value is -1.81. The van der Waals surface area contributed by atoms with Crippen molar-refractivity contribution in [1.29, 1.82) is 0 Å². The van der Waals surface area contributed by atoms with Crippen molar-refractivity contribution < 1.29 is 0 Å². The summed E-state index contributed by atoms with van der Waals surface area (Å²) in [6.07, 6.45) is 11.1. The first-order valence-electron chi connectivity index (χ1n) is 10.7. The number of guanidine groups is 1. The second kappa shape index (κ2) is 8.92. The molecule has 3 aliphatic rings. The van der Waals surface area contributed by atoms with Crippen LogP contribution in [0.3, 0.4) is 0 Å². The van der Waals surface area contributed by atoms with Crippen LogP contribution < -0.4 is 5.32 Å². The monoisotopic (exact) mass is 366 g/mol. The third-order valence-electron chi connectivity index (χ3n) is 6.70. The van der Waals surface area contributed by atoms with Crippen molar-refractivity contribution in [2.45, 2.75) is 44.1 Å². The van der Waals surface area contributed by atoms with E-state index < -0.39 is 0 Å². The van der Waals surface area contributed by atoms with Crippen molar-refractivity contribution in [1.82, 2.24) is 15.1 Å². The summed E-state index contributed by atoms with van der Waals surface area (Å²) in [4.78, 5) is 9.61. The molecule has 1 atom stereocenters. The molecule has 1 unspecified atom stereocenters. The maximum absolute atomic E-state index is 4.58. The van der Waals surface area contributed by atoms with Gasteiger partial charge in [0, 0.05) is 45.8 Å². The summed E-state index contributed by atoms with van der Waals surface area (Å²) >= 11 is 0. The van der Waals surface area contributed by atoms with Crippen LogP contribution in [0.1, 0.15) is 43.6 Å². The zero-order chi connectivity index (χ0) is 18.5. The molecule has 4 heteroatoms. The van der Waals surface area contributed by atoms with Gasteiger partial charge >= 0.3 is 0 Å². The lowest BCUT2D eigenvalue weighted by atomic mass is 9.79. The predicted octanol–water partition coefficient (Wildman–Crippen LogP) is 3.48. The fourth-order valence-electron chi connectivity index (χ4n) is 5.02. The molecule has 1 N–H and O–H groups in total. The van der Waals surface area contributed by atoms with Crippen LogP contribution in [0, 0.1) is 5.92 Å². The van der Waals surface area contributed by atoms with E-state index in [1.54, 1.807) is 0 Å². The highest BCUT2D eigenvalue weighted by molar-refractivity contribution is 5.80. The van der Waals surface area contributed by atoms with Gasteiger partial charge < -0.3 is 10.2 Å². The zero-order valence-electron chi connectivity index (χ0n) is 16.7. The predicted molar refractivity (Wildman–Crippen MR) is 113 cm³/mol. The standard InChI is InChI=1S/C23H34N4/c1-24-23(27-16-13-22(18-27)26-14-5-6-15-26)25-17-19-9-11-21(12-10-19)20-7-3-2-4-8-20/h2-8,19,21-22H,9-18H2,1H3,(H,24,25). The molecule has 1 saturated heterocycles. The van der Waals surface area contributed by atoms with Gasteiger partial charge in [0.15, 0.2) is 5.96 Å². The summed E-state index contributed by atoms with van der Waals surface area (Å²) in [5, 5.41) is 3.69. The van der Waals surface area contributed by atoms with Crippen LogP contribution in [0.15, 0.2) is 47.5 Å². The minimum absolute atomic E-state index is 0.680. The Balaban J connectivity index is 1.21. The molecule has 2 aliphatic heterocycles. The quantitative estimate of drug-likeness (QED) is 0.503. The molecule has 4 nitrogen and oxygen atoms in total. The third-order valence-corrected chi connectivity index (χ3v) is 6.70. The maximum Gasteiger partial charge on any atom is 0.193 e. The van der Waals surface area contributed by atoms with Gasteiger partial charge in [-0.25, -0.2) is 0 Å². The molecule has 4 rings (SSSR count). The normalized spacial score (nSPS) is 29.4. The molecule has 0 spiro atoms. The smallest absolute Gasteiger partial charge is 0.193 e. The third kappa shape index (κ3) is 4.55. The van der Waals surface area contributed by atoms with Crippen LogP contribution in [0.25, 0.3) is 0 Å². The van der Waals surface area contributed by atoms with Crippen molar-refractivity contribution in [3.63, 3.8) is 0 Å². The average Bonchev–Trinajstić information content (AvgIpc) is 3.42. The van der Waals surface area contributed by atoms with Crippen molar-refractivity contribution in [2.75, 3.05) is 39.8 Å². The van der Waals surface area contributed by atoms with Crippen molar-refractivity contribution >= 4 is 5.96 Å². The molecular weight excluding hydrogens is 332 g/mol. The Labute approximate surface area is 164 Å². The fraction of sp³-hybridized carbons (Fsp3) is 0.609. The van der Waals surface area contributed by atoms with Gasteiger partial charge in [-0.15, -0.1) is 0 Å². The van der Waals surface area contributed by atoms with Crippen LogP contribution in [0.4, 0.5) is 0 Å². The summed E-state index contributed by atoms with van der Waals surface area (Å²) in [6, 6.07) is 11.7. The van der Waals surface area contributed by atoms with E-state index in [1.807, 2.05) is 7.05 Å². The molecule has 1 saturated carbocycles. The van der Waals surface area contributed by atoms with Gasteiger partial charge in [-0.2, -0.15) is 0 Å². The largest absolute Gasteiger partial charge is 0.356 e. The lowest BCUT2D eigenvalue weighted by Crippen LogP contribution is -2.44. The summed E-state index contributed by atoms with van der Waals surface area (Å²) in [7, 11) is 1.93. The van der Waals surface area contributed by atoms with Gasteiger partial charge in [0.25, 0.3) is 0 Å². The molecule has 146 valence electrons. The molecule has 0 bridgehead atoms. The first-order valence-corrected chi connectivity index (χ1v) is 10.7. The van der Waals surface area contributed by atoms with Gasteiger partial charge in [0.2, 0.25) is 0 Å². The van der Waals surface area contributed by atoms with Crippen LogP contribution in [0.2, 0.25) is 0 Å². The van der Waals surface area contributed by atoms with Crippen LogP contribution in [-0.4, -0.2) is 61.6 Å². The van der Waals surface area contributed by atoms with Crippen molar-refractivity contribution in [3.8, 4) is 0 Å². The van der Waals surface area contributed by atoms with E-state index >= 15 is 0 Å². The van der Waals surface area contributed by atoms with E-state index in [0.29, 0.717) is 6.04 Å². The Bertz CT molecular complexity index is 638. The number of hydrogen-bond donors (Lipinski definition) is 1. The first kappa shape index (κ1) is 18.5. The van der Waals surface area contributed by atoms with E-state index in [4.69, 9.17) is 0 Å². The van der Waals surface area contributed by atoms with Gasteiger partial charge in [-0.05, 0) is 49.5 Å². The van der Waals surface area contributed by atoms with E-state index in [-0.39, 0.29) is 0 Å². The Kier molecular flexibility index (Phi) is 6.13. The number of nitrogens with zero attached hydrogens (tertiary/aromatic N) is 3. The maximum atomic E-state index is 4.58. The molecule has 2 heterocycles. The molecule has 0 radical (unpaired) electrons. The minimum Gasteiger partial charge on any atom is -0.356 e. The van der Waals surface area contributed by atoms with E-state index in [9.17, 15) is 0 Å². The molecule has 1 aromatic rings. The molecule has 2 fully saturated rings. The number of benzene rings is 1. The van der Waals surface area contributed by atoms with Gasteiger partial charge in [-0.3, -0.25) is 9.89 Å².